The summed E-state index contributed by atoms with van der Waals surface area (Å²) in [6.07, 6.45) is 9.42. The van der Waals surface area contributed by atoms with Crippen molar-refractivity contribution >= 4 is 35.0 Å². The fourth-order valence-electron chi connectivity index (χ4n) is 5.67. The molecule has 2 aromatic rings. The van der Waals surface area contributed by atoms with Gasteiger partial charge in [0.15, 0.2) is 0 Å². The quantitative estimate of drug-likeness (QED) is 0.432. The Morgan fingerprint density at radius 2 is 1.94 bits per heavy atom. The zero-order valence-electron chi connectivity index (χ0n) is 20.5. The highest BCUT2D eigenvalue weighted by molar-refractivity contribution is 6.32. The van der Waals surface area contributed by atoms with Crippen LogP contribution in [0.5, 0.6) is 0 Å². The number of piperidine rings is 1. The molecule has 0 aliphatic carbocycles. The molecule has 3 saturated heterocycles. The Morgan fingerprint density at radius 3 is 2.62 bits per heavy atom. The van der Waals surface area contributed by atoms with Crippen LogP contribution in [0.3, 0.4) is 0 Å². The van der Waals surface area contributed by atoms with Gasteiger partial charge in [-0.3, -0.25) is 9.48 Å². The minimum absolute atomic E-state index is 0.206. The Balaban J connectivity index is 1.18. The number of nitrogens with zero attached hydrogens (tertiary/aromatic N) is 6. The Bertz CT molecular complexity index is 1060. The van der Waals surface area contributed by atoms with E-state index in [-0.39, 0.29) is 11.3 Å². The highest BCUT2D eigenvalue weighted by Gasteiger charge is 2.43. The van der Waals surface area contributed by atoms with E-state index in [0.717, 1.165) is 43.7 Å². The van der Waals surface area contributed by atoms with Gasteiger partial charge in [-0.15, -0.1) is 0 Å². The lowest BCUT2D eigenvalue weighted by atomic mass is 9.83. The first-order valence-corrected chi connectivity index (χ1v) is 12.7. The second-order valence-corrected chi connectivity index (χ2v) is 11.1. The normalized spacial score (nSPS) is 26.0. The number of likely N-dealkylation sites (tertiary alicyclic amines) is 1. The minimum atomic E-state index is -0.206. The molecule has 9 nitrogen and oxygen atoms in total. The highest BCUT2D eigenvalue weighted by Crippen LogP contribution is 2.40. The summed E-state index contributed by atoms with van der Waals surface area (Å²) in [4.78, 5) is 25.4. The summed E-state index contributed by atoms with van der Waals surface area (Å²) in [6.45, 7) is 8.22. The molecule has 184 valence electrons. The van der Waals surface area contributed by atoms with Gasteiger partial charge in [0.25, 0.3) is 0 Å². The molecular weight excluding hydrogens is 452 g/mol. The number of carbonyl (C=O) groups is 1. The van der Waals surface area contributed by atoms with Crippen LogP contribution in [0.4, 0.5) is 17.5 Å². The standard InChI is InChI=1S/C24H35ClN8O/c1-15-20(13-33(30-15)18-10-16-6-7-17(11-18)31(16)4)28-23-27-12-19(25)21(29-23)26-8-5-9-32-14-24(2,3)22(32)34/h12-13,16-18H,5-11,14H2,1-4H3,(H2,26,27,28,29). The molecule has 2 bridgehead atoms. The molecule has 2 unspecified atom stereocenters. The van der Waals surface area contributed by atoms with E-state index in [1.165, 1.54) is 12.8 Å². The van der Waals surface area contributed by atoms with E-state index in [1.54, 1.807) is 6.20 Å². The Kier molecular flexibility index (Phi) is 6.18. The topological polar surface area (TPSA) is 91.2 Å². The third-order valence-corrected chi connectivity index (χ3v) is 7.98. The Hall–Kier alpha value is -2.39. The van der Waals surface area contributed by atoms with E-state index in [0.29, 0.717) is 41.5 Å². The molecule has 3 fully saturated rings. The summed E-state index contributed by atoms with van der Waals surface area (Å²) in [7, 11) is 2.26. The summed E-state index contributed by atoms with van der Waals surface area (Å²) in [6, 6.07) is 1.78. The van der Waals surface area contributed by atoms with E-state index in [1.807, 2.05) is 25.7 Å². The number of amides is 1. The summed E-state index contributed by atoms with van der Waals surface area (Å²) in [5, 5.41) is 11.9. The molecule has 34 heavy (non-hydrogen) atoms. The van der Waals surface area contributed by atoms with Gasteiger partial charge in [-0.05, 0) is 59.9 Å². The van der Waals surface area contributed by atoms with Crippen LogP contribution in [0.25, 0.3) is 0 Å². The molecule has 0 spiro atoms. The molecule has 10 heteroatoms. The molecule has 3 aliphatic heterocycles. The molecule has 0 saturated carbocycles. The second-order valence-electron chi connectivity index (χ2n) is 10.7. The van der Waals surface area contributed by atoms with Crippen molar-refractivity contribution in [2.24, 2.45) is 5.41 Å². The molecule has 5 rings (SSSR count). The van der Waals surface area contributed by atoms with Crippen LogP contribution in [-0.4, -0.2) is 74.2 Å². The van der Waals surface area contributed by atoms with E-state index in [9.17, 15) is 4.79 Å². The monoisotopic (exact) mass is 486 g/mol. The van der Waals surface area contributed by atoms with Crippen LogP contribution in [0.2, 0.25) is 5.02 Å². The van der Waals surface area contributed by atoms with Crippen molar-refractivity contribution in [3.8, 4) is 0 Å². The first-order valence-electron chi connectivity index (χ1n) is 12.3. The first-order chi connectivity index (χ1) is 16.2. The third kappa shape index (κ3) is 4.47. The number of aryl methyl sites for hydroxylation is 1. The van der Waals surface area contributed by atoms with Gasteiger partial charge in [0.2, 0.25) is 11.9 Å². The molecule has 2 atom stereocenters. The first kappa shape index (κ1) is 23.4. The molecular formula is C24H35ClN8O. The van der Waals surface area contributed by atoms with Crippen molar-refractivity contribution < 1.29 is 4.79 Å². The largest absolute Gasteiger partial charge is 0.369 e. The maximum atomic E-state index is 12.0. The molecule has 1 amide bonds. The van der Waals surface area contributed by atoms with Crippen LogP contribution in [0, 0.1) is 12.3 Å². The number of carbonyl (C=O) groups excluding carboxylic acids is 1. The Labute approximate surface area is 206 Å². The van der Waals surface area contributed by atoms with Gasteiger partial charge in [0.05, 0.1) is 29.0 Å². The number of anilines is 3. The van der Waals surface area contributed by atoms with Gasteiger partial charge in [-0.2, -0.15) is 10.1 Å². The van der Waals surface area contributed by atoms with Crippen molar-refractivity contribution in [3.63, 3.8) is 0 Å². The van der Waals surface area contributed by atoms with Crippen LogP contribution < -0.4 is 10.6 Å². The zero-order chi connectivity index (χ0) is 24.0. The number of nitrogens with one attached hydrogen (secondary N) is 2. The smallest absolute Gasteiger partial charge is 0.230 e. The average molecular weight is 487 g/mol. The van der Waals surface area contributed by atoms with Gasteiger partial charge in [0.1, 0.15) is 10.8 Å². The molecule has 2 aromatic heterocycles. The summed E-state index contributed by atoms with van der Waals surface area (Å²) in [5.41, 5.74) is 1.64. The number of aromatic nitrogens is 4. The fraction of sp³-hybridized carbons (Fsp3) is 0.667. The van der Waals surface area contributed by atoms with E-state index in [2.05, 4.69) is 43.4 Å². The van der Waals surface area contributed by atoms with Crippen molar-refractivity contribution in [1.82, 2.24) is 29.5 Å². The third-order valence-electron chi connectivity index (χ3n) is 7.70. The van der Waals surface area contributed by atoms with Crippen LogP contribution >= 0.6 is 11.6 Å². The fourth-order valence-corrected chi connectivity index (χ4v) is 5.83. The molecule has 2 N–H and O–H groups in total. The SMILES string of the molecule is Cc1nn(C2CC3CCC(C2)N3C)cc1Nc1ncc(Cl)c(NCCCN2CC(C)(C)C2=O)n1. The van der Waals surface area contributed by atoms with Crippen molar-refractivity contribution in [2.45, 2.75) is 71.0 Å². The van der Waals surface area contributed by atoms with Crippen LogP contribution in [-0.2, 0) is 4.79 Å². The Morgan fingerprint density at radius 1 is 1.21 bits per heavy atom. The summed E-state index contributed by atoms with van der Waals surface area (Å²) < 4.78 is 2.13. The lowest BCUT2D eigenvalue weighted by molar-refractivity contribution is -0.156. The van der Waals surface area contributed by atoms with Gasteiger partial charge in [-0.25, -0.2) is 4.98 Å². The predicted octanol–water partition coefficient (Wildman–Crippen LogP) is 3.85. The molecule has 0 radical (unpaired) electrons. The van der Waals surface area contributed by atoms with Crippen LogP contribution in [0.15, 0.2) is 12.4 Å². The molecule has 5 heterocycles. The van der Waals surface area contributed by atoms with Crippen molar-refractivity contribution in [1.29, 1.82) is 0 Å². The average Bonchev–Trinajstić information content (AvgIpc) is 3.24. The minimum Gasteiger partial charge on any atom is -0.369 e. The summed E-state index contributed by atoms with van der Waals surface area (Å²) >= 11 is 6.32. The van der Waals surface area contributed by atoms with E-state index < -0.39 is 0 Å². The van der Waals surface area contributed by atoms with Crippen LogP contribution in [0.1, 0.15) is 57.7 Å². The van der Waals surface area contributed by atoms with Gasteiger partial charge in [0, 0.05) is 37.9 Å². The molecule has 3 aliphatic rings. The summed E-state index contributed by atoms with van der Waals surface area (Å²) in [5.74, 6) is 1.30. The number of β-lactam (4-membered cyclic amide) rings is 1. The number of fused-ring (bicyclic) bond motifs is 2. The lowest BCUT2D eigenvalue weighted by Crippen LogP contribution is -2.58. The van der Waals surface area contributed by atoms with Gasteiger partial charge in [-0.1, -0.05) is 11.6 Å². The van der Waals surface area contributed by atoms with Gasteiger partial charge >= 0.3 is 0 Å². The number of hydrogen-bond donors (Lipinski definition) is 2. The highest BCUT2D eigenvalue weighted by atomic mass is 35.5. The lowest BCUT2D eigenvalue weighted by Gasteiger charge is -2.44. The number of hydrogen-bond acceptors (Lipinski definition) is 7. The van der Waals surface area contributed by atoms with Crippen molar-refractivity contribution in [2.75, 3.05) is 37.3 Å². The van der Waals surface area contributed by atoms with Crippen molar-refractivity contribution in [3.05, 3.63) is 23.1 Å². The van der Waals surface area contributed by atoms with E-state index >= 15 is 0 Å². The van der Waals surface area contributed by atoms with Gasteiger partial charge < -0.3 is 20.4 Å². The number of halogens is 1. The maximum absolute atomic E-state index is 12.0. The molecule has 0 aromatic carbocycles. The van der Waals surface area contributed by atoms with E-state index in [4.69, 9.17) is 16.7 Å². The zero-order valence-corrected chi connectivity index (χ0v) is 21.3. The second kappa shape index (κ2) is 9.00. The maximum Gasteiger partial charge on any atom is 0.230 e. The predicted molar refractivity (Wildman–Crippen MR) is 134 cm³/mol. The number of rotatable bonds is 8.